The van der Waals surface area contributed by atoms with Gasteiger partial charge in [-0.2, -0.15) is 0 Å². The molecule has 0 bridgehead atoms. The van der Waals surface area contributed by atoms with E-state index in [2.05, 4.69) is 170 Å². The van der Waals surface area contributed by atoms with E-state index < -0.39 is 0 Å². The van der Waals surface area contributed by atoms with Crippen LogP contribution in [0.5, 0.6) is 0 Å². The summed E-state index contributed by atoms with van der Waals surface area (Å²) < 4.78 is 13.0. The number of benzene rings is 10. The largest absolute Gasteiger partial charge is 0.456 e. The highest BCUT2D eigenvalue weighted by atomic mass is 16.3. The van der Waals surface area contributed by atoms with Crippen molar-refractivity contribution in [3.8, 4) is 33.4 Å². The maximum Gasteiger partial charge on any atom is 0.144 e. The summed E-state index contributed by atoms with van der Waals surface area (Å²) in [5, 5.41) is 14.2. The minimum Gasteiger partial charge on any atom is -0.456 e. The molecule has 0 N–H and O–H groups in total. The van der Waals surface area contributed by atoms with Crippen molar-refractivity contribution in [2.75, 3.05) is 0 Å². The lowest BCUT2D eigenvalue weighted by molar-refractivity contribution is 0.668. The Morgan fingerprint density at radius 3 is 1.54 bits per heavy atom. The molecule has 250 valence electrons. The summed E-state index contributed by atoms with van der Waals surface area (Å²) in [6.07, 6.45) is 0. The van der Waals surface area contributed by atoms with Gasteiger partial charge in [-0.15, -0.1) is 0 Å². The molecule has 0 aliphatic carbocycles. The Kier molecular flexibility index (Phi) is 6.09. The minimum atomic E-state index is 0.866. The fourth-order valence-electron chi connectivity index (χ4n) is 8.97. The average Bonchev–Trinajstić information content (AvgIpc) is 3.81. The van der Waals surface area contributed by atoms with Gasteiger partial charge in [0.2, 0.25) is 0 Å². The van der Waals surface area contributed by atoms with Gasteiger partial charge in [0, 0.05) is 26.9 Å². The van der Waals surface area contributed by atoms with Gasteiger partial charge in [0.1, 0.15) is 22.3 Å². The highest BCUT2D eigenvalue weighted by molar-refractivity contribution is 6.28. The molecule has 10 aromatic carbocycles. The van der Waals surface area contributed by atoms with Gasteiger partial charge in [-0.3, -0.25) is 0 Å². The van der Waals surface area contributed by atoms with Gasteiger partial charge in [-0.05, 0) is 114 Å². The van der Waals surface area contributed by atoms with Gasteiger partial charge in [-0.1, -0.05) is 140 Å². The van der Waals surface area contributed by atoms with Crippen LogP contribution in [0, 0.1) is 0 Å². The molecule has 0 saturated heterocycles. The van der Waals surface area contributed by atoms with Crippen LogP contribution < -0.4 is 0 Å². The maximum absolute atomic E-state index is 6.56. The Hall–Kier alpha value is -7.16. The molecule has 0 spiro atoms. The molecule has 0 saturated carbocycles. The van der Waals surface area contributed by atoms with Crippen molar-refractivity contribution in [3.05, 3.63) is 182 Å². The van der Waals surface area contributed by atoms with Crippen molar-refractivity contribution >= 4 is 87.0 Å². The molecule has 0 aliphatic rings. The molecule has 2 nitrogen and oxygen atoms in total. The van der Waals surface area contributed by atoms with E-state index in [0.29, 0.717) is 0 Å². The second kappa shape index (κ2) is 11.2. The zero-order valence-electron chi connectivity index (χ0n) is 29.1. The maximum atomic E-state index is 6.56. The fourth-order valence-corrected chi connectivity index (χ4v) is 8.97. The number of furan rings is 2. The van der Waals surface area contributed by atoms with Crippen LogP contribution >= 0.6 is 0 Å². The van der Waals surface area contributed by atoms with Crippen LogP contribution in [0.3, 0.4) is 0 Å². The molecule has 2 heteroatoms. The lowest BCUT2D eigenvalue weighted by Crippen LogP contribution is -1.90. The van der Waals surface area contributed by atoms with Crippen molar-refractivity contribution in [2.24, 2.45) is 0 Å². The fraction of sp³-hybridized carbons (Fsp3) is 0. The van der Waals surface area contributed by atoms with Crippen LogP contribution in [-0.2, 0) is 0 Å². The van der Waals surface area contributed by atoms with Crippen LogP contribution in [0.15, 0.2) is 191 Å². The molecular weight excluding hydrogens is 657 g/mol. The third-order valence-electron chi connectivity index (χ3n) is 11.4. The summed E-state index contributed by atoms with van der Waals surface area (Å²) in [4.78, 5) is 0. The number of para-hydroxylation sites is 1. The lowest BCUT2D eigenvalue weighted by atomic mass is 9.85. The molecule has 12 aromatic rings. The van der Waals surface area contributed by atoms with Crippen LogP contribution in [0.1, 0.15) is 0 Å². The van der Waals surface area contributed by atoms with E-state index in [-0.39, 0.29) is 0 Å². The van der Waals surface area contributed by atoms with Crippen molar-refractivity contribution in [2.45, 2.75) is 0 Å². The van der Waals surface area contributed by atoms with E-state index in [1.165, 1.54) is 54.6 Å². The van der Waals surface area contributed by atoms with Gasteiger partial charge >= 0.3 is 0 Å². The highest BCUT2D eigenvalue weighted by Gasteiger charge is 2.19. The average molecular weight is 687 g/mol. The Morgan fingerprint density at radius 1 is 0.259 bits per heavy atom. The van der Waals surface area contributed by atoms with E-state index in [4.69, 9.17) is 8.83 Å². The van der Waals surface area contributed by atoms with Crippen LogP contribution in [0.2, 0.25) is 0 Å². The van der Waals surface area contributed by atoms with Crippen molar-refractivity contribution in [3.63, 3.8) is 0 Å². The molecule has 0 atom stereocenters. The Bertz CT molecular complexity index is 3430. The zero-order chi connectivity index (χ0) is 35.3. The van der Waals surface area contributed by atoms with E-state index in [9.17, 15) is 0 Å². The molecular formula is C52H30O2. The molecule has 2 heterocycles. The summed E-state index contributed by atoms with van der Waals surface area (Å²) in [6, 6.07) is 65.6. The zero-order valence-corrected chi connectivity index (χ0v) is 29.1. The number of fused-ring (bicyclic) bond motifs is 12. The van der Waals surface area contributed by atoms with E-state index in [0.717, 1.165) is 65.8 Å². The molecule has 2 aromatic heterocycles. The number of hydrogen-bond acceptors (Lipinski definition) is 2. The van der Waals surface area contributed by atoms with E-state index in [1.807, 2.05) is 12.1 Å². The third kappa shape index (κ3) is 4.22. The first-order valence-electron chi connectivity index (χ1n) is 18.5. The molecule has 0 amide bonds. The van der Waals surface area contributed by atoms with Gasteiger partial charge in [-0.25, -0.2) is 0 Å². The Morgan fingerprint density at radius 2 is 0.796 bits per heavy atom. The third-order valence-corrected chi connectivity index (χ3v) is 11.4. The topological polar surface area (TPSA) is 26.3 Å². The highest BCUT2D eigenvalue weighted by Crippen LogP contribution is 2.45. The number of hydrogen-bond donors (Lipinski definition) is 0. The van der Waals surface area contributed by atoms with Gasteiger partial charge in [0.15, 0.2) is 0 Å². The summed E-state index contributed by atoms with van der Waals surface area (Å²) in [5.74, 6) is 0. The van der Waals surface area contributed by atoms with Crippen LogP contribution in [0.4, 0.5) is 0 Å². The van der Waals surface area contributed by atoms with Gasteiger partial charge < -0.3 is 8.83 Å². The van der Waals surface area contributed by atoms with Gasteiger partial charge in [0.05, 0.1) is 0 Å². The molecule has 0 fully saturated rings. The Balaban J connectivity index is 0.989. The lowest BCUT2D eigenvalue weighted by Gasteiger charge is -2.18. The van der Waals surface area contributed by atoms with Crippen molar-refractivity contribution in [1.82, 2.24) is 0 Å². The standard InChI is InChI=1S/C52H30O2/c1-2-10-31(11-3-1)48-39-13-4-6-15-41(39)49(42-16-7-5-14-40(42)48)37-21-20-33-28-34(18-19-35(33)29-37)36-23-26-44-47(30-36)53-46-27-24-32-22-25-43-38-12-8-9-17-45(38)54-52(43)50(32)51(44)46/h1-30H. The first-order chi connectivity index (χ1) is 26.8. The van der Waals surface area contributed by atoms with Crippen LogP contribution in [0.25, 0.3) is 120 Å². The summed E-state index contributed by atoms with van der Waals surface area (Å²) >= 11 is 0. The first kappa shape index (κ1) is 29.4. The smallest absolute Gasteiger partial charge is 0.144 e. The second-order valence-electron chi connectivity index (χ2n) is 14.4. The molecule has 54 heavy (non-hydrogen) atoms. The predicted octanol–water partition coefficient (Wildman–Crippen LogP) is 15.1. The quantitative estimate of drug-likeness (QED) is 0.173. The van der Waals surface area contributed by atoms with Gasteiger partial charge in [0.25, 0.3) is 0 Å². The second-order valence-corrected chi connectivity index (χ2v) is 14.4. The summed E-state index contributed by atoms with van der Waals surface area (Å²) in [6.45, 7) is 0. The van der Waals surface area contributed by atoms with Crippen molar-refractivity contribution < 1.29 is 8.83 Å². The predicted molar refractivity (Wildman–Crippen MR) is 227 cm³/mol. The molecule has 0 unspecified atom stereocenters. The summed E-state index contributed by atoms with van der Waals surface area (Å²) in [7, 11) is 0. The van der Waals surface area contributed by atoms with Crippen LogP contribution in [-0.4, -0.2) is 0 Å². The van der Waals surface area contributed by atoms with Crippen molar-refractivity contribution in [1.29, 1.82) is 0 Å². The number of rotatable bonds is 3. The SMILES string of the molecule is c1ccc(-c2c3ccccc3c(-c3ccc4cc(-c5ccc6c(c5)oc5ccc7ccc8c9ccccc9oc8c7c56)ccc4c3)c3ccccc23)cc1. The molecule has 0 aliphatic heterocycles. The monoisotopic (exact) mass is 686 g/mol. The normalized spacial score (nSPS) is 12.1. The summed E-state index contributed by atoms with van der Waals surface area (Å²) in [5.41, 5.74) is 10.8. The van der Waals surface area contributed by atoms with E-state index in [1.54, 1.807) is 0 Å². The minimum absolute atomic E-state index is 0.866. The molecule has 12 rings (SSSR count). The van der Waals surface area contributed by atoms with E-state index >= 15 is 0 Å². The first-order valence-corrected chi connectivity index (χ1v) is 18.5. The Labute approximate surface area is 310 Å². The molecule has 0 radical (unpaired) electrons.